The van der Waals surface area contributed by atoms with Crippen LogP contribution in [0.2, 0.25) is 0 Å². The first-order valence-corrected chi connectivity index (χ1v) is 13.5. The molecular weight excluding hydrogens is 481 g/mol. The van der Waals surface area contributed by atoms with Crippen LogP contribution in [0.4, 0.5) is 10.1 Å². The molecule has 4 rings (SSSR count). The van der Waals surface area contributed by atoms with Gasteiger partial charge in [0.05, 0.1) is 10.6 Å². The number of carbonyl (C=O) groups is 2. The third kappa shape index (κ3) is 4.93. The van der Waals surface area contributed by atoms with E-state index in [0.717, 1.165) is 11.8 Å². The van der Waals surface area contributed by atoms with Crippen LogP contribution in [0.3, 0.4) is 0 Å². The molecule has 0 spiro atoms. The number of halogens is 1. The number of benzene rings is 3. The third-order valence-electron chi connectivity index (χ3n) is 6.45. The van der Waals surface area contributed by atoms with E-state index in [1.807, 2.05) is 25.1 Å². The predicted octanol–water partition coefficient (Wildman–Crippen LogP) is 4.21. The number of hydrogen-bond acceptors (Lipinski definition) is 4. The molecule has 7 nitrogen and oxygen atoms in total. The van der Waals surface area contributed by atoms with Gasteiger partial charge in [-0.1, -0.05) is 49.4 Å². The zero-order valence-corrected chi connectivity index (χ0v) is 21.2. The van der Waals surface area contributed by atoms with Crippen molar-refractivity contribution in [2.24, 2.45) is 0 Å². The van der Waals surface area contributed by atoms with Gasteiger partial charge in [-0.05, 0) is 43.4 Å². The van der Waals surface area contributed by atoms with Gasteiger partial charge in [-0.15, -0.1) is 0 Å². The minimum atomic E-state index is -3.72. The second kappa shape index (κ2) is 10.7. The lowest BCUT2D eigenvalue weighted by Crippen LogP contribution is -2.48. The zero-order chi connectivity index (χ0) is 25.9. The fraction of sp³-hybridized carbons (Fsp3) is 0.333. The van der Waals surface area contributed by atoms with E-state index in [-0.39, 0.29) is 42.6 Å². The molecule has 1 aliphatic heterocycles. The van der Waals surface area contributed by atoms with Crippen molar-refractivity contribution >= 4 is 38.3 Å². The molecule has 0 saturated heterocycles. The van der Waals surface area contributed by atoms with Crippen molar-refractivity contribution in [1.29, 1.82) is 0 Å². The van der Waals surface area contributed by atoms with E-state index in [4.69, 9.17) is 0 Å². The molecule has 0 saturated carbocycles. The molecule has 9 heteroatoms. The maximum atomic E-state index is 14.3. The fourth-order valence-electron chi connectivity index (χ4n) is 4.51. The van der Waals surface area contributed by atoms with Crippen molar-refractivity contribution in [2.75, 3.05) is 17.4 Å². The molecule has 1 N–H and O–H groups in total. The summed E-state index contributed by atoms with van der Waals surface area (Å²) in [6.07, 6.45) is 1.01. The highest BCUT2D eigenvalue weighted by molar-refractivity contribution is 7.93. The van der Waals surface area contributed by atoms with E-state index in [2.05, 4.69) is 5.32 Å². The number of nitrogens with zero attached hydrogens (tertiary/aromatic N) is 2. The van der Waals surface area contributed by atoms with E-state index >= 15 is 0 Å². The summed E-state index contributed by atoms with van der Waals surface area (Å²) in [4.78, 5) is 27.5. The quantitative estimate of drug-likeness (QED) is 0.442. The van der Waals surface area contributed by atoms with Crippen molar-refractivity contribution in [3.8, 4) is 0 Å². The summed E-state index contributed by atoms with van der Waals surface area (Å²) in [6, 6.07) is 16.0. The van der Waals surface area contributed by atoms with Crippen LogP contribution in [0.5, 0.6) is 0 Å². The molecule has 3 aromatic rings. The number of rotatable bonds is 10. The second-order valence-corrected chi connectivity index (χ2v) is 10.7. The summed E-state index contributed by atoms with van der Waals surface area (Å²) in [5, 5.41) is 4.32. The Labute approximate surface area is 210 Å². The summed E-state index contributed by atoms with van der Waals surface area (Å²) >= 11 is 0. The monoisotopic (exact) mass is 511 g/mol. The number of anilines is 1. The molecule has 190 valence electrons. The summed E-state index contributed by atoms with van der Waals surface area (Å²) in [6.45, 7) is 4.08. The molecule has 0 aromatic heterocycles. The SMILES string of the molecule is CCCNC(=O)C(C)N(Cc1ccccc1F)C(=O)CCCN1c2cccc3cccc(c23)S1(=O)=O. The van der Waals surface area contributed by atoms with Crippen molar-refractivity contribution in [3.05, 3.63) is 72.0 Å². The van der Waals surface area contributed by atoms with Crippen LogP contribution in [-0.2, 0) is 26.2 Å². The number of amides is 2. The smallest absolute Gasteiger partial charge is 0.265 e. The first-order chi connectivity index (χ1) is 17.3. The normalized spacial score (nSPS) is 14.6. The topological polar surface area (TPSA) is 86.8 Å². The Morgan fingerprint density at radius 2 is 1.78 bits per heavy atom. The van der Waals surface area contributed by atoms with E-state index in [0.29, 0.717) is 23.2 Å². The van der Waals surface area contributed by atoms with Gasteiger partial charge in [0.25, 0.3) is 10.0 Å². The Bertz CT molecular complexity index is 1390. The van der Waals surface area contributed by atoms with Gasteiger partial charge in [-0.2, -0.15) is 0 Å². The highest BCUT2D eigenvalue weighted by atomic mass is 32.2. The van der Waals surface area contributed by atoms with Crippen LogP contribution >= 0.6 is 0 Å². The Kier molecular flexibility index (Phi) is 7.59. The van der Waals surface area contributed by atoms with Crippen LogP contribution in [0, 0.1) is 5.82 Å². The second-order valence-electron chi connectivity index (χ2n) is 8.89. The number of sulfonamides is 1. The van der Waals surface area contributed by atoms with E-state index < -0.39 is 21.9 Å². The molecule has 2 amide bonds. The number of hydrogen-bond donors (Lipinski definition) is 1. The number of carbonyl (C=O) groups excluding carboxylic acids is 2. The van der Waals surface area contributed by atoms with Crippen molar-refractivity contribution in [2.45, 2.75) is 50.6 Å². The molecule has 1 heterocycles. The maximum absolute atomic E-state index is 14.3. The lowest BCUT2D eigenvalue weighted by atomic mass is 10.1. The van der Waals surface area contributed by atoms with Gasteiger partial charge in [-0.3, -0.25) is 13.9 Å². The Morgan fingerprint density at radius 1 is 1.06 bits per heavy atom. The summed E-state index contributed by atoms with van der Waals surface area (Å²) in [7, 11) is -3.72. The van der Waals surface area contributed by atoms with E-state index in [1.54, 1.807) is 43.3 Å². The van der Waals surface area contributed by atoms with Gasteiger partial charge in [0.15, 0.2) is 0 Å². The summed E-state index contributed by atoms with van der Waals surface area (Å²) < 4.78 is 42.1. The third-order valence-corrected chi connectivity index (χ3v) is 8.30. The van der Waals surface area contributed by atoms with Gasteiger partial charge >= 0.3 is 0 Å². The van der Waals surface area contributed by atoms with Gasteiger partial charge < -0.3 is 10.2 Å². The average molecular weight is 512 g/mol. The molecule has 1 atom stereocenters. The van der Waals surface area contributed by atoms with Gasteiger partial charge in [0.2, 0.25) is 11.8 Å². The van der Waals surface area contributed by atoms with Crippen molar-refractivity contribution in [3.63, 3.8) is 0 Å². The molecule has 3 aromatic carbocycles. The Morgan fingerprint density at radius 3 is 2.50 bits per heavy atom. The molecule has 36 heavy (non-hydrogen) atoms. The highest BCUT2D eigenvalue weighted by Gasteiger charge is 2.35. The van der Waals surface area contributed by atoms with Crippen LogP contribution < -0.4 is 9.62 Å². The molecular formula is C27H30FN3O4S. The lowest BCUT2D eigenvalue weighted by Gasteiger charge is -2.29. The molecule has 1 unspecified atom stereocenters. The predicted molar refractivity (Wildman–Crippen MR) is 137 cm³/mol. The first-order valence-electron chi connectivity index (χ1n) is 12.1. The van der Waals surface area contributed by atoms with Gasteiger partial charge in [-0.25, -0.2) is 12.8 Å². The van der Waals surface area contributed by atoms with Crippen LogP contribution in [0.15, 0.2) is 65.6 Å². The van der Waals surface area contributed by atoms with E-state index in [9.17, 15) is 22.4 Å². The molecule has 0 radical (unpaired) electrons. The average Bonchev–Trinajstić information content (AvgIpc) is 3.09. The van der Waals surface area contributed by atoms with Crippen molar-refractivity contribution < 1.29 is 22.4 Å². The highest BCUT2D eigenvalue weighted by Crippen LogP contribution is 2.42. The van der Waals surface area contributed by atoms with E-state index in [1.165, 1.54) is 15.3 Å². The Hall–Kier alpha value is -3.46. The molecule has 1 aliphatic rings. The molecule has 0 aliphatic carbocycles. The summed E-state index contributed by atoms with van der Waals surface area (Å²) in [5.41, 5.74) is 0.913. The van der Waals surface area contributed by atoms with Crippen LogP contribution in [0.25, 0.3) is 10.8 Å². The maximum Gasteiger partial charge on any atom is 0.265 e. The molecule has 0 fully saturated rings. The number of nitrogens with one attached hydrogen (secondary N) is 1. The standard InChI is InChI=1S/C27H30FN3O4S/c1-3-16-29-27(33)19(2)30(18-21-9-4-5-12-22(21)28)25(32)15-8-17-31-23-13-6-10-20-11-7-14-24(26(20)23)36(31,34)35/h4-7,9-14,19H,3,8,15-18H2,1-2H3,(H,29,33). The zero-order valence-electron chi connectivity index (χ0n) is 20.4. The van der Waals surface area contributed by atoms with Crippen LogP contribution in [0.1, 0.15) is 38.7 Å². The minimum Gasteiger partial charge on any atom is -0.354 e. The minimum absolute atomic E-state index is 0.0121. The van der Waals surface area contributed by atoms with Crippen LogP contribution in [-0.4, -0.2) is 44.3 Å². The summed E-state index contributed by atoms with van der Waals surface area (Å²) in [5.74, 6) is -1.11. The van der Waals surface area contributed by atoms with Gasteiger partial charge in [0, 0.05) is 37.0 Å². The largest absolute Gasteiger partial charge is 0.354 e. The molecule has 0 bridgehead atoms. The first kappa shape index (κ1) is 25.6. The fourth-order valence-corrected chi connectivity index (χ4v) is 6.25. The Balaban J connectivity index is 1.50. The van der Waals surface area contributed by atoms with Gasteiger partial charge in [0.1, 0.15) is 11.9 Å². The van der Waals surface area contributed by atoms with Crippen molar-refractivity contribution in [1.82, 2.24) is 10.2 Å². The lowest BCUT2D eigenvalue weighted by molar-refractivity contribution is -0.140.